The second kappa shape index (κ2) is 8.02. The van der Waals surface area contributed by atoms with Crippen LogP contribution in [-0.2, 0) is 4.79 Å². The number of nitrogens with zero attached hydrogens (tertiary/aromatic N) is 1. The number of methoxy groups -OCH3 is 1. The van der Waals surface area contributed by atoms with E-state index in [1.54, 1.807) is 31.2 Å². The summed E-state index contributed by atoms with van der Waals surface area (Å²) in [5.74, 6) is 0.860. The van der Waals surface area contributed by atoms with E-state index in [4.69, 9.17) is 9.47 Å². The number of pyridine rings is 1. The van der Waals surface area contributed by atoms with Gasteiger partial charge in [0.05, 0.1) is 13.7 Å². The van der Waals surface area contributed by atoms with Crippen molar-refractivity contribution in [3.8, 4) is 28.7 Å². The molecule has 0 saturated heterocycles. The predicted octanol–water partition coefficient (Wildman–Crippen LogP) is 1.75. The Morgan fingerprint density at radius 1 is 1.32 bits per heavy atom. The zero-order valence-electron chi connectivity index (χ0n) is 14.3. The molecule has 1 heterocycles. The van der Waals surface area contributed by atoms with Crippen molar-refractivity contribution in [2.75, 3.05) is 20.3 Å². The first-order valence-electron chi connectivity index (χ1n) is 7.66. The van der Waals surface area contributed by atoms with Crippen LogP contribution in [0, 0.1) is 18.3 Å². The fourth-order valence-corrected chi connectivity index (χ4v) is 2.37. The minimum absolute atomic E-state index is 0.0481. The molecule has 0 atom stereocenters. The highest BCUT2D eigenvalue weighted by Gasteiger charge is 2.13. The third-order valence-corrected chi connectivity index (χ3v) is 3.49. The highest BCUT2D eigenvalue weighted by molar-refractivity contribution is 5.73. The number of hydrogen-bond donors (Lipinski definition) is 2. The summed E-state index contributed by atoms with van der Waals surface area (Å²) in [6, 6.07) is 8.85. The number of carbonyl (C=O) groups is 1. The number of aromatic amines is 1. The second-order valence-electron chi connectivity index (χ2n) is 5.38. The normalized spacial score (nSPS) is 10.0. The zero-order chi connectivity index (χ0) is 18.4. The van der Waals surface area contributed by atoms with E-state index in [-0.39, 0.29) is 11.5 Å². The summed E-state index contributed by atoms with van der Waals surface area (Å²) in [5, 5.41) is 11.9. The number of hydrogen-bond acceptors (Lipinski definition) is 5. The Labute approximate surface area is 145 Å². The molecule has 0 aliphatic rings. The average molecular weight is 341 g/mol. The molecule has 0 unspecified atom stereocenters. The number of amides is 1. The molecule has 130 valence electrons. The third-order valence-electron chi connectivity index (χ3n) is 3.49. The highest BCUT2D eigenvalue weighted by Crippen LogP contribution is 2.33. The molecule has 0 spiro atoms. The van der Waals surface area contributed by atoms with Crippen LogP contribution in [0.15, 0.2) is 29.1 Å². The van der Waals surface area contributed by atoms with E-state index in [0.29, 0.717) is 41.5 Å². The minimum atomic E-state index is -0.424. The lowest BCUT2D eigenvalue weighted by Crippen LogP contribution is -2.25. The molecule has 25 heavy (non-hydrogen) atoms. The number of carbonyl (C=O) groups excluding carboxylic acids is 1. The van der Waals surface area contributed by atoms with E-state index in [9.17, 15) is 14.9 Å². The molecule has 2 rings (SSSR count). The van der Waals surface area contributed by atoms with Crippen LogP contribution >= 0.6 is 0 Å². The summed E-state index contributed by atoms with van der Waals surface area (Å²) in [4.78, 5) is 25.4. The maximum atomic E-state index is 11.9. The molecule has 0 aliphatic carbocycles. The summed E-state index contributed by atoms with van der Waals surface area (Å²) in [6.45, 7) is 3.86. The maximum absolute atomic E-state index is 11.9. The summed E-state index contributed by atoms with van der Waals surface area (Å²) in [6.07, 6.45) is 0. The summed E-state index contributed by atoms with van der Waals surface area (Å²) >= 11 is 0. The minimum Gasteiger partial charge on any atom is -0.493 e. The number of nitrogens with one attached hydrogen (secondary N) is 2. The Kier molecular flexibility index (Phi) is 5.79. The quantitative estimate of drug-likeness (QED) is 0.779. The monoisotopic (exact) mass is 341 g/mol. The summed E-state index contributed by atoms with van der Waals surface area (Å²) < 4.78 is 10.9. The van der Waals surface area contributed by atoms with Crippen molar-refractivity contribution in [1.82, 2.24) is 10.3 Å². The number of benzene rings is 1. The van der Waals surface area contributed by atoms with Crippen molar-refractivity contribution in [2.24, 2.45) is 0 Å². The average Bonchev–Trinajstić information content (AvgIpc) is 2.58. The van der Waals surface area contributed by atoms with E-state index >= 15 is 0 Å². The smallest absolute Gasteiger partial charge is 0.266 e. The lowest BCUT2D eigenvalue weighted by atomic mass is 10.0. The van der Waals surface area contributed by atoms with Crippen molar-refractivity contribution in [2.45, 2.75) is 13.8 Å². The van der Waals surface area contributed by atoms with E-state index in [2.05, 4.69) is 10.3 Å². The van der Waals surface area contributed by atoms with Gasteiger partial charge in [0, 0.05) is 18.2 Å². The van der Waals surface area contributed by atoms with E-state index in [1.165, 1.54) is 14.0 Å². The molecule has 0 bridgehead atoms. The highest BCUT2D eigenvalue weighted by atomic mass is 16.5. The number of ether oxygens (including phenoxy) is 2. The molecule has 1 aromatic carbocycles. The molecular weight excluding hydrogens is 322 g/mol. The molecule has 2 N–H and O–H groups in total. The standard InChI is InChI=1S/C18H19N3O4/c1-11-8-14(15(10-19)18(23)21-11)13-4-5-16(17(9-13)24-3)25-7-6-20-12(2)22/h4-5,8-9H,6-7H2,1-3H3,(H,20,22)(H,21,23). The molecule has 2 aromatic rings. The Morgan fingerprint density at radius 2 is 2.08 bits per heavy atom. The first-order valence-corrected chi connectivity index (χ1v) is 7.66. The molecule has 1 aromatic heterocycles. The SMILES string of the molecule is COc1cc(-c2cc(C)[nH]c(=O)c2C#N)ccc1OCCNC(C)=O. The Bertz CT molecular complexity index is 881. The van der Waals surface area contributed by atoms with Gasteiger partial charge in [0.2, 0.25) is 5.91 Å². The number of aryl methyl sites for hydroxylation is 1. The van der Waals surface area contributed by atoms with Gasteiger partial charge >= 0.3 is 0 Å². The van der Waals surface area contributed by atoms with Crippen LogP contribution in [0.5, 0.6) is 11.5 Å². The van der Waals surface area contributed by atoms with E-state index in [0.717, 1.165) is 0 Å². The van der Waals surface area contributed by atoms with Gasteiger partial charge < -0.3 is 19.8 Å². The Hall–Kier alpha value is -3.27. The van der Waals surface area contributed by atoms with Gasteiger partial charge in [-0.3, -0.25) is 9.59 Å². The van der Waals surface area contributed by atoms with Gasteiger partial charge in [-0.15, -0.1) is 0 Å². The third kappa shape index (κ3) is 4.38. The van der Waals surface area contributed by atoms with Gasteiger partial charge in [-0.2, -0.15) is 5.26 Å². The van der Waals surface area contributed by atoms with E-state index < -0.39 is 5.56 Å². The fourth-order valence-electron chi connectivity index (χ4n) is 2.37. The number of H-pyrrole nitrogens is 1. The van der Waals surface area contributed by atoms with E-state index in [1.807, 2.05) is 6.07 Å². The molecule has 1 amide bonds. The number of rotatable bonds is 6. The first kappa shape index (κ1) is 18.1. The van der Waals surface area contributed by atoms with Crippen molar-refractivity contribution in [3.05, 3.63) is 45.9 Å². The molecule has 0 fully saturated rings. The molecule has 7 heteroatoms. The van der Waals surface area contributed by atoms with Gasteiger partial charge in [-0.1, -0.05) is 6.07 Å². The van der Waals surface area contributed by atoms with Crippen LogP contribution in [-0.4, -0.2) is 31.2 Å². The summed E-state index contributed by atoms with van der Waals surface area (Å²) in [5.41, 5.74) is 1.50. The predicted molar refractivity (Wildman–Crippen MR) is 92.7 cm³/mol. The fraction of sp³-hybridized carbons (Fsp3) is 0.278. The lowest BCUT2D eigenvalue weighted by molar-refractivity contribution is -0.119. The lowest BCUT2D eigenvalue weighted by Gasteiger charge is -2.13. The molecular formula is C18H19N3O4. The number of nitriles is 1. The van der Waals surface area contributed by atoms with Crippen LogP contribution in [0.1, 0.15) is 18.2 Å². The second-order valence-corrected chi connectivity index (χ2v) is 5.38. The van der Waals surface area contributed by atoms with Crippen molar-refractivity contribution >= 4 is 5.91 Å². The first-order chi connectivity index (χ1) is 12.0. The Balaban J connectivity index is 2.32. The molecule has 7 nitrogen and oxygen atoms in total. The molecule has 0 saturated carbocycles. The van der Waals surface area contributed by atoms with Gasteiger partial charge in [0.1, 0.15) is 18.2 Å². The van der Waals surface area contributed by atoms with Crippen molar-refractivity contribution in [1.29, 1.82) is 5.26 Å². The Morgan fingerprint density at radius 3 is 2.72 bits per heavy atom. The summed E-state index contributed by atoms with van der Waals surface area (Å²) in [7, 11) is 1.51. The zero-order valence-corrected chi connectivity index (χ0v) is 14.3. The van der Waals surface area contributed by atoms with Gasteiger partial charge in [0.25, 0.3) is 5.56 Å². The van der Waals surface area contributed by atoms with Gasteiger partial charge in [-0.25, -0.2) is 0 Å². The largest absolute Gasteiger partial charge is 0.493 e. The number of aromatic nitrogens is 1. The van der Waals surface area contributed by atoms with Crippen LogP contribution in [0.4, 0.5) is 0 Å². The van der Waals surface area contributed by atoms with Crippen molar-refractivity contribution < 1.29 is 14.3 Å². The van der Waals surface area contributed by atoms with Gasteiger partial charge in [-0.05, 0) is 30.7 Å². The van der Waals surface area contributed by atoms with Crippen LogP contribution < -0.4 is 20.3 Å². The van der Waals surface area contributed by atoms with Crippen LogP contribution in [0.2, 0.25) is 0 Å². The van der Waals surface area contributed by atoms with Crippen LogP contribution in [0.3, 0.4) is 0 Å². The molecule has 0 radical (unpaired) electrons. The topological polar surface area (TPSA) is 104 Å². The van der Waals surface area contributed by atoms with Gasteiger partial charge in [0.15, 0.2) is 11.5 Å². The van der Waals surface area contributed by atoms with Crippen LogP contribution in [0.25, 0.3) is 11.1 Å². The maximum Gasteiger partial charge on any atom is 0.266 e. The molecule has 0 aliphatic heterocycles. The van der Waals surface area contributed by atoms with Crippen molar-refractivity contribution in [3.63, 3.8) is 0 Å².